The van der Waals surface area contributed by atoms with Crippen LogP contribution in [0.2, 0.25) is 0 Å². The normalized spacial score (nSPS) is 16.1. The van der Waals surface area contributed by atoms with Crippen molar-refractivity contribution >= 4 is 5.91 Å². The summed E-state index contributed by atoms with van der Waals surface area (Å²) >= 11 is 0. The Morgan fingerprint density at radius 2 is 2.19 bits per heavy atom. The fourth-order valence-corrected chi connectivity index (χ4v) is 2.81. The number of amides is 1. The van der Waals surface area contributed by atoms with E-state index in [1.54, 1.807) is 12.5 Å². The summed E-state index contributed by atoms with van der Waals surface area (Å²) in [5, 5.41) is 3.95. The summed E-state index contributed by atoms with van der Waals surface area (Å²) in [7, 11) is 0. The lowest BCUT2D eigenvalue weighted by molar-refractivity contribution is -0.135. The summed E-state index contributed by atoms with van der Waals surface area (Å²) in [6.07, 6.45) is 6.03. The number of nitrogens with zero attached hydrogens (tertiary/aromatic N) is 4. The molecule has 112 valence electrons. The van der Waals surface area contributed by atoms with Crippen molar-refractivity contribution < 1.29 is 9.32 Å². The standard InChI is InChI=1S/C15H20N4O2/c1-10(2)14-16-5-7-19(14)11(3)15(20)18-6-4-13-12(8-18)9-21-17-13/h5,7,9-11H,4,6,8H2,1-3H3/t11-/m0/s1. The first kappa shape index (κ1) is 13.9. The molecule has 0 saturated heterocycles. The lowest BCUT2D eigenvalue weighted by atomic mass is 10.1. The van der Waals surface area contributed by atoms with Crippen LogP contribution >= 0.6 is 0 Å². The maximum Gasteiger partial charge on any atom is 0.245 e. The highest BCUT2D eigenvalue weighted by molar-refractivity contribution is 5.80. The molecule has 21 heavy (non-hydrogen) atoms. The Kier molecular flexibility index (Phi) is 3.53. The van der Waals surface area contributed by atoms with Crippen LogP contribution in [0.5, 0.6) is 0 Å². The molecule has 0 aromatic carbocycles. The molecule has 0 radical (unpaired) electrons. The monoisotopic (exact) mass is 288 g/mol. The van der Waals surface area contributed by atoms with E-state index in [2.05, 4.69) is 24.0 Å². The average Bonchev–Trinajstić information content (AvgIpc) is 3.13. The number of aromatic nitrogens is 3. The molecule has 1 amide bonds. The molecule has 2 aromatic heterocycles. The first-order valence-electron chi connectivity index (χ1n) is 7.31. The largest absolute Gasteiger partial charge is 0.364 e. The summed E-state index contributed by atoms with van der Waals surface area (Å²) in [5.74, 6) is 1.35. The fourth-order valence-electron chi connectivity index (χ4n) is 2.81. The summed E-state index contributed by atoms with van der Waals surface area (Å²) in [6.45, 7) is 7.36. The molecular formula is C15H20N4O2. The molecule has 0 spiro atoms. The van der Waals surface area contributed by atoms with Gasteiger partial charge < -0.3 is 14.0 Å². The Balaban J connectivity index is 1.78. The molecule has 0 bridgehead atoms. The van der Waals surface area contributed by atoms with Crippen molar-refractivity contribution in [2.75, 3.05) is 6.54 Å². The molecule has 1 aliphatic heterocycles. The van der Waals surface area contributed by atoms with E-state index in [9.17, 15) is 4.79 Å². The van der Waals surface area contributed by atoms with Crippen molar-refractivity contribution in [1.29, 1.82) is 0 Å². The molecule has 0 fully saturated rings. The quantitative estimate of drug-likeness (QED) is 0.868. The zero-order valence-corrected chi connectivity index (χ0v) is 12.6. The van der Waals surface area contributed by atoms with Gasteiger partial charge in [0.25, 0.3) is 0 Å². The minimum absolute atomic E-state index is 0.113. The van der Waals surface area contributed by atoms with Crippen LogP contribution in [-0.4, -0.2) is 32.1 Å². The van der Waals surface area contributed by atoms with E-state index in [0.29, 0.717) is 19.0 Å². The number of carbonyl (C=O) groups excluding carboxylic acids is 1. The van der Waals surface area contributed by atoms with Gasteiger partial charge in [-0.15, -0.1) is 0 Å². The Labute approximate surface area is 123 Å². The molecule has 2 aromatic rings. The highest BCUT2D eigenvalue weighted by Gasteiger charge is 2.28. The molecular weight excluding hydrogens is 268 g/mol. The number of rotatable bonds is 3. The van der Waals surface area contributed by atoms with Crippen LogP contribution in [0, 0.1) is 0 Å². The van der Waals surface area contributed by atoms with E-state index in [1.807, 2.05) is 22.6 Å². The molecule has 3 heterocycles. The average molecular weight is 288 g/mol. The van der Waals surface area contributed by atoms with Crippen molar-refractivity contribution in [1.82, 2.24) is 19.6 Å². The predicted molar refractivity (Wildman–Crippen MR) is 76.7 cm³/mol. The van der Waals surface area contributed by atoms with Gasteiger partial charge in [0.05, 0.1) is 12.2 Å². The third-order valence-corrected chi connectivity index (χ3v) is 4.01. The van der Waals surface area contributed by atoms with Gasteiger partial charge in [0.2, 0.25) is 5.91 Å². The van der Waals surface area contributed by atoms with E-state index in [4.69, 9.17) is 4.52 Å². The van der Waals surface area contributed by atoms with Crippen LogP contribution < -0.4 is 0 Å². The van der Waals surface area contributed by atoms with Gasteiger partial charge in [-0.2, -0.15) is 0 Å². The van der Waals surface area contributed by atoms with Gasteiger partial charge >= 0.3 is 0 Å². The molecule has 0 N–H and O–H groups in total. The summed E-state index contributed by atoms with van der Waals surface area (Å²) in [6, 6.07) is -0.244. The molecule has 0 unspecified atom stereocenters. The minimum atomic E-state index is -0.244. The zero-order chi connectivity index (χ0) is 15.0. The number of imidazole rings is 1. The third-order valence-electron chi connectivity index (χ3n) is 4.01. The van der Waals surface area contributed by atoms with Gasteiger partial charge in [0, 0.05) is 36.8 Å². The smallest absolute Gasteiger partial charge is 0.245 e. The van der Waals surface area contributed by atoms with Crippen LogP contribution in [0.15, 0.2) is 23.2 Å². The van der Waals surface area contributed by atoms with Crippen molar-refractivity contribution in [3.05, 3.63) is 35.7 Å². The molecule has 0 saturated carbocycles. The van der Waals surface area contributed by atoms with Crippen LogP contribution in [0.25, 0.3) is 0 Å². The predicted octanol–water partition coefficient (Wildman–Crippen LogP) is 2.14. The summed E-state index contributed by atoms with van der Waals surface area (Å²) in [5.41, 5.74) is 1.98. The topological polar surface area (TPSA) is 64.2 Å². The van der Waals surface area contributed by atoms with Gasteiger partial charge in [-0.25, -0.2) is 4.98 Å². The lowest BCUT2D eigenvalue weighted by Crippen LogP contribution is -2.39. The zero-order valence-electron chi connectivity index (χ0n) is 12.6. The Hall–Kier alpha value is -2.11. The van der Waals surface area contributed by atoms with E-state index < -0.39 is 0 Å². The van der Waals surface area contributed by atoms with Crippen LogP contribution in [0.4, 0.5) is 0 Å². The van der Waals surface area contributed by atoms with Crippen LogP contribution in [0.3, 0.4) is 0 Å². The number of hydrogen-bond acceptors (Lipinski definition) is 4. The van der Waals surface area contributed by atoms with E-state index >= 15 is 0 Å². The molecule has 1 aliphatic rings. The molecule has 0 aliphatic carbocycles. The van der Waals surface area contributed by atoms with Gasteiger partial charge in [-0.05, 0) is 6.92 Å². The van der Waals surface area contributed by atoms with Crippen molar-refractivity contribution in [2.24, 2.45) is 0 Å². The maximum absolute atomic E-state index is 12.7. The Morgan fingerprint density at radius 1 is 1.38 bits per heavy atom. The minimum Gasteiger partial charge on any atom is -0.364 e. The number of carbonyl (C=O) groups is 1. The van der Waals surface area contributed by atoms with Gasteiger partial charge in [-0.1, -0.05) is 19.0 Å². The van der Waals surface area contributed by atoms with E-state index in [0.717, 1.165) is 23.5 Å². The lowest BCUT2D eigenvalue weighted by Gasteiger charge is -2.29. The third kappa shape index (κ3) is 2.46. The second-order valence-electron chi connectivity index (χ2n) is 5.82. The highest BCUT2D eigenvalue weighted by Crippen LogP contribution is 2.23. The summed E-state index contributed by atoms with van der Waals surface area (Å²) in [4.78, 5) is 19.0. The summed E-state index contributed by atoms with van der Waals surface area (Å²) < 4.78 is 6.94. The van der Waals surface area contributed by atoms with Gasteiger partial charge in [0.15, 0.2) is 0 Å². The van der Waals surface area contributed by atoms with Crippen LogP contribution in [-0.2, 0) is 17.8 Å². The van der Waals surface area contributed by atoms with Crippen LogP contribution in [0.1, 0.15) is 49.8 Å². The maximum atomic E-state index is 12.7. The highest BCUT2D eigenvalue weighted by atomic mass is 16.5. The Morgan fingerprint density at radius 3 is 2.95 bits per heavy atom. The van der Waals surface area contributed by atoms with E-state index in [1.165, 1.54) is 0 Å². The number of hydrogen-bond donors (Lipinski definition) is 0. The van der Waals surface area contributed by atoms with Crippen molar-refractivity contribution in [3.63, 3.8) is 0 Å². The fraction of sp³-hybridized carbons (Fsp3) is 0.533. The van der Waals surface area contributed by atoms with Gasteiger partial charge in [0.1, 0.15) is 18.1 Å². The van der Waals surface area contributed by atoms with Crippen molar-refractivity contribution in [3.8, 4) is 0 Å². The first-order chi connectivity index (χ1) is 10.1. The molecule has 3 rings (SSSR count). The number of fused-ring (bicyclic) bond motifs is 1. The van der Waals surface area contributed by atoms with Crippen molar-refractivity contribution in [2.45, 2.75) is 45.7 Å². The van der Waals surface area contributed by atoms with Gasteiger partial charge in [-0.3, -0.25) is 4.79 Å². The molecule has 6 nitrogen and oxygen atoms in total. The van der Waals surface area contributed by atoms with E-state index in [-0.39, 0.29) is 11.9 Å². The Bertz CT molecular complexity index is 644. The first-order valence-corrected chi connectivity index (χ1v) is 7.31. The molecule has 6 heteroatoms. The molecule has 1 atom stereocenters. The SMILES string of the molecule is CC(C)c1nccn1[C@@H](C)C(=O)N1CCc2nocc2C1. The second kappa shape index (κ2) is 5.35. The second-order valence-corrected chi connectivity index (χ2v) is 5.82.